The average molecular weight is 532 g/mol. The molecule has 2 aliphatic heterocycles. The third kappa shape index (κ3) is 5.21. The fourth-order valence-electron chi connectivity index (χ4n) is 5.61. The smallest absolute Gasteiger partial charge is 0.229 e. The Balaban J connectivity index is 1.14. The van der Waals surface area contributed by atoms with E-state index >= 15 is 0 Å². The fourth-order valence-corrected chi connectivity index (χ4v) is 5.61. The molecule has 6 heterocycles. The van der Waals surface area contributed by atoms with Gasteiger partial charge in [-0.05, 0) is 45.4 Å². The van der Waals surface area contributed by atoms with Crippen molar-refractivity contribution in [2.45, 2.75) is 52.4 Å². The summed E-state index contributed by atoms with van der Waals surface area (Å²) in [5.74, 6) is 1.22. The molecule has 11 heteroatoms. The normalized spacial score (nSPS) is 19.1. The lowest BCUT2D eigenvalue weighted by Crippen LogP contribution is -2.60. The van der Waals surface area contributed by atoms with Gasteiger partial charge in [-0.15, -0.1) is 0 Å². The summed E-state index contributed by atoms with van der Waals surface area (Å²) in [5.41, 5.74) is 3.36. The van der Waals surface area contributed by atoms with E-state index in [1.165, 1.54) is 6.20 Å². The van der Waals surface area contributed by atoms with Crippen LogP contribution in [0.5, 0.6) is 0 Å². The zero-order valence-electron chi connectivity index (χ0n) is 22.8. The molecule has 1 N–H and O–H groups in total. The summed E-state index contributed by atoms with van der Waals surface area (Å²) in [7, 11) is 0. The summed E-state index contributed by atoms with van der Waals surface area (Å²) in [6.45, 7) is 14.1. The van der Waals surface area contributed by atoms with Gasteiger partial charge in [-0.1, -0.05) is 6.07 Å². The molecule has 10 nitrogen and oxygen atoms in total. The van der Waals surface area contributed by atoms with E-state index in [9.17, 15) is 4.39 Å². The maximum absolute atomic E-state index is 14.8. The summed E-state index contributed by atoms with van der Waals surface area (Å²) >= 11 is 0. The lowest BCUT2D eigenvalue weighted by molar-refractivity contribution is -0.0940. The molecule has 0 spiro atoms. The first-order valence-electron chi connectivity index (χ1n) is 13.5. The molecular formula is C28H34FN9O. The maximum Gasteiger partial charge on any atom is 0.229 e. The number of rotatable bonds is 7. The summed E-state index contributed by atoms with van der Waals surface area (Å²) in [6, 6.07) is 7.14. The predicted octanol–water partition coefficient (Wildman–Crippen LogP) is 3.96. The lowest BCUT2D eigenvalue weighted by Gasteiger charge is -2.46. The van der Waals surface area contributed by atoms with Crippen molar-refractivity contribution in [3.63, 3.8) is 0 Å². The Labute approximate surface area is 227 Å². The Morgan fingerprint density at radius 2 is 1.92 bits per heavy atom. The van der Waals surface area contributed by atoms with E-state index in [0.29, 0.717) is 29.1 Å². The molecule has 0 aliphatic carbocycles. The molecule has 0 radical (unpaired) electrons. The number of halogens is 1. The SMILES string of the molecule is Cc1nc2ncc(-c3nc(Nc4ccc(CN5CCN(C6COC6)[C@H](C)C5)cn4)ncc3F)cc2n1C(C)C. The zero-order valence-corrected chi connectivity index (χ0v) is 22.8. The van der Waals surface area contributed by atoms with E-state index < -0.39 is 5.82 Å². The van der Waals surface area contributed by atoms with Crippen LogP contribution < -0.4 is 5.32 Å². The quantitative estimate of drug-likeness (QED) is 0.380. The van der Waals surface area contributed by atoms with Gasteiger partial charge in [0.15, 0.2) is 11.5 Å². The van der Waals surface area contributed by atoms with Gasteiger partial charge >= 0.3 is 0 Å². The van der Waals surface area contributed by atoms with Gasteiger partial charge in [0.2, 0.25) is 5.95 Å². The van der Waals surface area contributed by atoms with E-state index in [1.54, 1.807) is 6.20 Å². The summed E-state index contributed by atoms with van der Waals surface area (Å²) in [5, 5.41) is 3.11. The first-order valence-corrected chi connectivity index (χ1v) is 13.5. The molecule has 0 amide bonds. The Hall–Kier alpha value is -3.54. The van der Waals surface area contributed by atoms with Gasteiger partial charge in [-0.25, -0.2) is 29.3 Å². The minimum Gasteiger partial charge on any atom is -0.378 e. The average Bonchev–Trinajstić information content (AvgIpc) is 3.22. The predicted molar refractivity (Wildman–Crippen MR) is 147 cm³/mol. The number of aromatic nitrogens is 6. The number of ether oxygens (including phenoxy) is 1. The van der Waals surface area contributed by atoms with Crippen molar-refractivity contribution in [2.24, 2.45) is 0 Å². The van der Waals surface area contributed by atoms with Crippen LogP contribution in [0.25, 0.3) is 22.4 Å². The minimum atomic E-state index is -0.517. The number of hydrogen-bond acceptors (Lipinski definition) is 9. The molecule has 0 unspecified atom stereocenters. The van der Waals surface area contributed by atoms with Crippen molar-refractivity contribution in [1.29, 1.82) is 0 Å². The maximum atomic E-state index is 14.8. The van der Waals surface area contributed by atoms with E-state index in [2.05, 4.69) is 71.4 Å². The minimum absolute atomic E-state index is 0.175. The monoisotopic (exact) mass is 531 g/mol. The van der Waals surface area contributed by atoms with Gasteiger partial charge in [0, 0.05) is 56.2 Å². The first kappa shape index (κ1) is 25.7. The first-order chi connectivity index (χ1) is 18.9. The lowest BCUT2D eigenvalue weighted by atomic mass is 10.1. The van der Waals surface area contributed by atoms with E-state index in [1.807, 2.05) is 25.3 Å². The van der Waals surface area contributed by atoms with Crippen LogP contribution in [-0.2, 0) is 11.3 Å². The van der Waals surface area contributed by atoms with Gasteiger partial charge in [0.25, 0.3) is 0 Å². The molecule has 4 aromatic heterocycles. The number of imidazole rings is 1. The molecule has 0 bridgehead atoms. The van der Waals surface area contributed by atoms with Crippen LogP contribution in [0.15, 0.2) is 36.8 Å². The molecule has 0 aromatic carbocycles. The second kappa shape index (κ2) is 10.6. The molecule has 0 saturated carbocycles. The van der Waals surface area contributed by atoms with Crippen LogP contribution in [0.4, 0.5) is 16.2 Å². The van der Waals surface area contributed by atoms with Crippen LogP contribution in [0.3, 0.4) is 0 Å². The van der Waals surface area contributed by atoms with Crippen molar-refractivity contribution in [3.05, 3.63) is 54.0 Å². The van der Waals surface area contributed by atoms with Gasteiger partial charge in [-0.3, -0.25) is 9.80 Å². The van der Waals surface area contributed by atoms with Crippen LogP contribution >= 0.6 is 0 Å². The zero-order chi connectivity index (χ0) is 27.1. The highest BCUT2D eigenvalue weighted by molar-refractivity contribution is 5.78. The van der Waals surface area contributed by atoms with Crippen LogP contribution in [0.2, 0.25) is 0 Å². The molecule has 2 fully saturated rings. The summed E-state index contributed by atoms with van der Waals surface area (Å²) < 4.78 is 22.3. The number of nitrogens with zero attached hydrogens (tertiary/aromatic N) is 8. The van der Waals surface area contributed by atoms with Crippen molar-refractivity contribution >= 4 is 22.9 Å². The Bertz CT molecular complexity index is 1470. The number of aryl methyl sites for hydroxylation is 1. The second-order valence-corrected chi connectivity index (χ2v) is 10.8. The largest absolute Gasteiger partial charge is 0.378 e. The van der Waals surface area contributed by atoms with Crippen LogP contribution in [0.1, 0.15) is 38.2 Å². The molecule has 39 heavy (non-hydrogen) atoms. The summed E-state index contributed by atoms with van der Waals surface area (Å²) in [6.07, 6.45) is 4.64. The second-order valence-electron chi connectivity index (χ2n) is 10.8. The Morgan fingerprint density at radius 3 is 2.62 bits per heavy atom. The van der Waals surface area contributed by atoms with Gasteiger partial charge in [0.1, 0.15) is 17.3 Å². The fraction of sp³-hybridized carbons (Fsp3) is 0.464. The highest BCUT2D eigenvalue weighted by atomic mass is 19.1. The number of piperazine rings is 1. The van der Waals surface area contributed by atoms with E-state index in [-0.39, 0.29) is 17.7 Å². The van der Waals surface area contributed by atoms with Gasteiger partial charge in [0.05, 0.1) is 31.0 Å². The molecule has 6 rings (SSSR count). The Kier molecular flexibility index (Phi) is 6.96. The number of hydrogen-bond donors (Lipinski definition) is 1. The molecule has 204 valence electrons. The number of fused-ring (bicyclic) bond motifs is 1. The van der Waals surface area contributed by atoms with Crippen molar-refractivity contribution in [2.75, 3.05) is 38.2 Å². The van der Waals surface area contributed by atoms with Gasteiger partial charge < -0.3 is 14.6 Å². The molecule has 4 aromatic rings. The highest BCUT2D eigenvalue weighted by Crippen LogP contribution is 2.27. The number of anilines is 2. The topological polar surface area (TPSA) is 97.1 Å². The molecule has 2 saturated heterocycles. The third-order valence-electron chi connectivity index (χ3n) is 7.58. The van der Waals surface area contributed by atoms with Crippen LogP contribution in [-0.4, -0.2) is 84.2 Å². The molecule has 1 atom stereocenters. The van der Waals surface area contributed by atoms with Crippen molar-refractivity contribution in [1.82, 2.24) is 39.3 Å². The van der Waals surface area contributed by atoms with Gasteiger partial charge in [-0.2, -0.15) is 0 Å². The van der Waals surface area contributed by atoms with E-state index in [4.69, 9.17) is 4.74 Å². The highest BCUT2D eigenvalue weighted by Gasteiger charge is 2.33. The molecular weight excluding hydrogens is 497 g/mol. The summed E-state index contributed by atoms with van der Waals surface area (Å²) in [4.78, 5) is 27.2. The van der Waals surface area contributed by atoms with Crippen LogP contribution in [0, 0.1) is 12.7 Å². The Morgan fingerprint density at radius 1 is 1.08 bits per heavy atom. The number of nitrogens with one attached hydrogen (secondary N) is 1. The standard InChI is InChI=1S/C28H34FN9O/c1-17(2)38-19(4)33-27-24(38)9-21(11-31-27)26-23(29)12-32-28(35-26)34-25-6-5-20(10-30-25)14-36-7-8-37(18(3)13-36)22-15-39-16-22/h5-6,9-12,17-18,22H,7-8,13-16H2,1-4H3,(H,30,32,34,35)/t18-/m1/s1. The number of pyridine rings is 2. The van der Waals surface area contributed by atoms with Crippen molar-refractivity contribution < 1.29 is 9.13 Å². The third-order valence-corrected chi connectivity index (χ3v) is 7.58. The van der Waals surface area contributed by atoms with E-state index in [0.717, 1.165) is 56.3 Å². The van der Waals surface area contributed by atoms with Crippen molar-refractivity contribution in [3.8, 4) is 11.3 Å². The molecule has 2 aliphatic rings.